The lowest BCUT2D eigenvalue weighted by molar-refractivity contribution is -0.138. The molecule has 3 N–H and O–H groups in total. The first-order chi connectivity index (χ1) is 18.3. The lowest BCUT2D eigenvalue weighted by atomic mass is 9.99. The molecule has 0 saturated carbocycles. The Hall–Kier alpha value is -3.68. The van der Waals surface area contributed by atoms with Crippen molar-refractivity contribution in [3.8, 4) is 11.4 Å². The molecule has 1 aliphatic heterocycles. The maximum Gasteiger partial charge on any atom is 0.245 e. The molecule has 1 unspecified atom stereocenters. The van der Waals surface area contributed by atoms with Gasteiger partial charge < -0.3 is 20.5 Å². The molecule has 1 atom stereocenters. The minimum Gasteiger partial charge on any atom is -0.342 e. The van der Waals surface area contributed by atoms with Gasteiger partial charge in [-0.3, -0.25) is 9.59 Å². The van der Waals surface area contributed by atoms with E-state index in [2.05, 4.69) is 28.1 Å². The molecule has 1 aromatic heterocycles. The molecule has 8 heteroatoms. The predicted octanol–water partition coefficient (Wildman–Crippen LogP) is 4.75. The van der Waals surface area contributed by atoms with Gasteiger partial charge in [0.1, 0.15) is 11.9 Å². The first-order valence-electron chi connectivity index (χ1n) is 13.3. The van der Waals surface area contributed by atoms with E-state index < -0.39 is 11.6 Å². The number of carbonyl (C=O) groups excluding carboxylic acids is 2. The summed E-state index contributed by atoms with van der Waals surface area (Å²) in [5.41, 5.74) is 9.12. The second-order valence-electron chi connectivity index (χ2n) is 10.7. The van der Waals surface area contributed by atoms with Gasteiger partial charge in [-0.15, -0.1) is 12.4 Å². The Bertz CT molecular complexity index is 1410. The van der Waals surface area contributed by atoms with Crippen molar-refractivity contribution in [1.82, 2.24) is 19.8 Å². The lowest BCUT2D eigenvalue weighted by Gasteiger charge is -2.36. The molecular formula is C31H36ClN5O2. The van der Waals surface area contributed by atoms with Gasteiger partial charge in [-0.2, -0.15) is 0 Å². The summed E-state index contributed by atoms with van der Waals surface area (Å²) in [5, 5.41) is 2.93. The highest BCUT2D eigenvalue weighted by Gasteiger charge is 2.33. The van der Waals surface area contributed by atoms with Crippen molar-refractivity contribution in [2.75, 3.05) is 13.1 Å². The number of likely N-dealkylation sites (tertiary alicyclic amines) is 1. The maximum atomic E-state index is 13.7. The van der Waals surface area contributed by atoms with Gasteiger partial charge in [0.15, 0.2) is 0 Å². The van der Waals surface area contributed by atoms with Crippen molar-refractivity contribution in [1.29, 1.82) is 0 Å². The van der Waals surface area contributed by atoms with Crippen LogP contribution in [0.25, 0.3) is 22.4 Å². The molecule has 3 aromatic carbocycles. The number of halogens is 1. The predicted molar refractivity (Wildman–Crippen MR) is 158 cm³/mol. The minimum absolute atomic E-state index is 0. The van der Waals surface area contributed by atoms with Crippen molar-refractivity contribution in [2.45, 2.75) is 50.7 Å². The Balaban J connectivity index is 0.00000353. The molecule has 204 valence electrons. The molecule has 7 nitrogen and oxygen atoms in total. The zero-order valence-electron chi connectivity index (χ0n) is 22.4. The molecule has 0 aliphatic carbocycles. The number of nitrogens with two attached hydrogens (primary N) is 1. The second kappa shape index (κ2) is 12.0. The molecule has 0 bridgehead atoms. The average Bonchev–Trinajstić information content (AvgIpc) is 3.32. The van der Waals surface area contributed by atoms with E-state index in [0.29, 0.717) is 19.5 Å². The first kappa shape index (κ1) is 28.3. The van der Waals surface area contributed by atoms with E-state index in [1.807, 2.05) is 71.6 Å². The Morgan fingerprint density at radius 1 is 0.949 bits per heavy atom. The van der Waals surface area contributed by atoms with Gasteiger partial charge in [0, 0.05) is 31.1 Å². The quantitative estimate of drug-likeness (QED) is 0.350. The third-order valence-electron chi connectivity index (χ3n) is 7.24. The number of nitrogens with one attached hydrogen (secondary N) is 1. The number of hydrogen-bond acceptors (Lipinski definition) is 4. The largest absolute Gasteiger partial charge is 0.342 e. The summed E-state index contributed by atoms with van der Waals surface area (Å²) in [4.78, 5) is 33.3. The number of carbonyl (C=O) groups is 2. The molecular weight excluding hydrogens is 510 g/mol. The van der Waals surface area contributed by atoms with E-state index in [0.717, 1.165) is 40.8 Å². The average molecular weight is 546 g/mol. The van der Waals surface area contributed by atoms with Crippen LogP contribution < -0.4 is 11.1 Å². The maximum absolute atomic E-state index is 13.7. The van der Waals surface area contributed by atoms with Crippen LogP contribution in [-0.2, 0) is 16.0 Å². The summed E-state index contributed by atoms with van der Waals surface area (Å²) < 4.78 is 2.34. The van der Waals surface area contributed by atoms with E-state index in [9.17, 15) is 9.59 Å². The van der Waals surface area contributed by atoms with Crippen LogP contribution in [0.4, 0.5) is 0 Å². The van der Waals surface area contributed by atoms with Crippen molar-refractivity contribution in [3.63, 3.8) is 0 Å². The zero-order chi connectivity index (χ0) is 26.7. The minimum atomic E-state index is -1.07. The van der Waals surface area contributed by atoms with Crippen LogP contribution in [0, 0.1) is 0 Å². The lowest BCUT2D eigenvalue weighted by Crippen LogP contribution is -2.57. The van der Waals surface area contributed by atoms with Crippen molar-refractivity contribution in [3.05, 3.63) is 90.5 Å². The van der Waals surface area contributed by atoms with E-state index in [-0.39, 0.29) is 30.3 Å². The molecule has 5 rings (SSSR count). The number of rotatable bonds is 7. The molecule has 0 radical (unpaired) electrons. The standard InChI is InChI=1S/C31H35N5O2.ClH/c1-31(2,32)30(38)34-26(21-22-11-5-3-6-12-22)29(37)35-19-17-24(18-20-35)36-27-16-10-9-15-25(27)33-28(36)23-13-7-4-8-14-23;/h3-16,24,26H,17-21,32H2,1-2H3,(H,34,38);1H. The van der Waals surface area contributed by atoms with E-state index in [1.54, 1.807) is 13.8 Å². The van der Waals surface area contributed by atoms with Gasteiger partial charge in [-0.25, -0.2) is 4.98 Å². The zero-order valence-corrected chi connectivity index (χ0v) is 23.2. The highest BCUT2D eigenvalue weighted by Crippen LogP contribution is 2.33. The summed E-state index contributed by atoms with van der Waals surface area (Å²) in [7, 11) is 0. The topological polar surface area (TPSA) is 93.2 Å². The second-order valence-corrected chi connectivity index (χ2v) is 10.7. The molecule has 39 heavy (non-hydrogen) atoms. The number of nitrogens with zero attached hydrogens (tertiary/aromatic N) is 3. The van der Waals surface area contributed by atoms with Crippen LogP contribution in [0.1, 0.15) is 38.3 Å². The van der Waals surface area contributed by atoms with Crippen molar-refractivity contribution in [2.24, 2.45) is 5.73 Å². The molecule has 2 amide bonds. The number of piperidine rings is 1. The highest BCUT2D eigenvalue weighted by molar-refractivity contribution is 5.91. The molecule has 2 heterocycles. The number of amides is 2. The van der Waals surface area contributed by atoms with E-state index >= 15 is 0 Å². The molecule has 1 saturated heterocycles. The van der Waals surface area contributed by atoms with Crippen molar-refractivity contribution < 1.29 is 9.59 Å². The summed E-state index contributed by atoms with van der Waals surface area (Å²) in [6, 6.07) is 27.8. The van der Waals surface area contributed by atoms with E-state index in [1.165, 1.54) is 0 Å². The third kappa shape index (κ3) is 6.32. The van der Waals surface area contributed by atoms with Crippen LogP contribution in [0.3, 0.4) is 0 Å². The fourth-order valence-electron chi connectivity index (χ4n) is 5.16. The number of fused-ring (bicyclic) bond motifs is 1. The summed E-state index contributed by atoms with van der Waals surface area (Å²) in [6.07, 6.45) is 2.03. The fraction of sp³-hybridized carbons (Fsp3) is 0.323. The first-order valence-corrected chi connectivity index (χ1v) is 13.3. The Kier molecular flexibility index (Phi) is 8.73. The van der Waals surface area contributed by atoms with Gasteiger partial charge in [0.05, 0.1) is 16.6 Å². The number of benzene rings is 3. The molecule has 4 aromatic rings. The number of para-hydroxylation sites is 2. The molecule has 1 aliphatic rings. The Morgan fingerprint density at radius 2 is 1.54 bits per heavy atom. The Morgan fingerprint density at radius 3 is 2.18 bits per heavy atom. The molecule has 1 fully saturated rings. The number of imidazole rings is 1. The summed E-state index contributed by atoms with van der Waals surface area (Å²) in [6.45, 7) is 4.52. The van der Waals surface area contributed by atoms with Crippen LogP contribution in [-0.4, -0.2) is 50.9 Å². The van der Waals surface area contributed by atoms with Gasteiger partial charge in [-0.1, -0.05) is 72.8 Å². The van der Waals surface area contributed by atoms with Crippen LogP contribution in [0.15, 0.2) is 84.9 Å². The Labute approximate surface area is 235 Å². The summed E-state index contributed by atoms with van der Waals surface area (Å²) in [5.74, 6) is 0.554. The van der Waals surface area contributed by atoms with Crippen LogP contribution in [0.5, 0.6) is 0 Å². The fourth-order valence-corrected chi connectivity index (χ4v) is 5.16. The van der Waals surface area contributed by atoms with Gasteiger partial charge in [-0.05, 0) is 44.4 Å². The van der Waals surface area contributed by atoms with E-state index in [4.69, 9.17) is 10.7 Å². The van der Waals surface area contributed by atoms with Crippen LogP contribution >= 0.6 is 12.4 Å². The third-order valence-corrected chi connectivity index (χ3v) is 7.24. The SMILES string of the molecule is CC(C)(N)C(=O)NC(Cc1ccccc1)C(=O)N1CCC(n2c(-c3ccccc3)nc3ccccc32)CC1.Cl. The van der Waals surface area contributed by atoms with Crippen molar-refractivity contribution >= 4 is 35.3 Å². The molecule has 0 spiro atoms. The summed E-state index contributed by atoms with van der Waals surface area (Å²) >= 11 is 0. The number of aromatic nitrogens is 2. The van der Waals surface area contributed by atoms with Gasteiger partial charge in [0.2, 0.25) is 11.8 Å². The highest BCUT2D eigenvalue weighted by atomic mass is 35.5. The normalized spacial score (nSPS) is 15.0. The number of hydrogen-bond donors (Lipinski definition) is 2. The van der Waals surface area contributed by atoms with Crippen LogP contribution in [0.2, 0.25) is 0 Å². The van der Waals surface area contributed by atoms with Gasteiger partial charge >= 0.3 is 0 Å². The van der Waals surface area contributed by atoms with Gasteiger partial charge in [0.25, 0.3) is 0 Å². The smallest absolute Gasteiger partial charge is 0.245 e. The monoisotopic (exact) mass is 545 g/mol.